The summed E-state index contributed by atoms with van der Waals surface area (Å²) in [6.07, 6.45) is 3.50. The van der Waals surface area contributed by atoms with E-state index in [-0.39, 0.29) is 12.4 Å². The normalized spacial score (nSPS) is 20.6. The Morgan fingerprint density at radius 2 is 1.85 bits per heavy atom. The number of rotatable bonds is 7. The fourth-order valence-corrected chi connectivity index (χ4v) is 2.68. The van der Waals surface area contributed by atoms with E-state index in [0.717, 1.165) is 12.8 Å². The van der Waals surface area contributed by atoms with E-state index in [0.29, 0.717) is 12.3 Å². The molecule has 0 spiro atoms. The Kier molecular flexibility index (Phi) is 8.96. The van der Waals surface area contributed by atoms with Crippen molar-refractivity contribution in [2.75, 3.05) is 7.11 Å². The summed E-state index contributed by atoms with van der Waals surface area (Å²) in [5.41, 5.74) is 10.9. The Morgan fingerprint density at radius 3 is 2.30 bits per heavy atom. The third kappa shape index (κ3) is 5.36. The van der Waals surface area contributed by atoms with Crippen molar-refractivity contribution in [3.63, 3.8) is 0 Å². The zero-order chi connectivity index (χ0) is 14.4. The summed E-state index contributed by atoms with van der Waals surface area (Å²) in [5, 5.41) is 9.90. The number of carbonyl (C=O) groups excluding carboxylic acids is 2. The quantitative estimate of drug-likeness (QED) is 0.578. The Morgan fingerprint density at radius 1 is 1.30 bits per heavy atom. The first kappa shape index (κ1) is 19.3. The van der Waals surface area contributed by atoms with Crippen LogP contribution in [0.1, 0.15) is 38.5 Å². The van der Waals surface area contributed by atoms with Crippen molar-refractivity contribution in [2.24, 2.45) is 17.4 Å². The van der Waals surface area contributed by atoms with Crippen LogP contribution in [0.5, 0.6) is 0 Å². The number of ether oxygens (including phenoxy) is 1. The fourth-order valence-electron chi connectivity index (χ4n) is 2.68. The van der Waals surface area contributed by atoms with Gasteiger partial charge in [0.1, 0.15) is 6.10 Å². The number of hydrogen-bond donors (Lipinski definition) is 3. The molecule has 1 aliphatic rings. The van der Waals surface area contributed by atoms with Crippen LogP contribution in [0.3, 0.4) is 0 Å². The predicted molar refractivity (Wildman–Crippen MR) is 77.4 cm³/mol. The summed E-state index contributed by atoms with van der Waals surface area (Å²) < 4.78 is 4.70. The summed E-state index contributed by atoms with van der Waals surface area (Å²) in [4.78, 5) is 22.9. The molecule has 1 rings (SSSR count). The summed E-state index contributed by atoms with van der Waals surface area (Å²) in [5.74, 6) is -1.21. The van der Waals surface area contributed by atoms with E-state index in [1.54, 1.807) is 0 Å². The third-order valence-corrected chi connectivity index (χ3v) is 3.78. The average molecular weight is 309 g/mol. The van der Waals surface area contributed by atoms with Gasteiger partial charge in [-0.25, -0.2) is 0 Å². The molecule has 1 saturated carbocycles. The molecule has 3 atom stereocenters. The zero-order valence-corrected chi connectivity index (χ0v) is 12.6. The molecule has 0 aromatic heterocycles. The number of nitrogens with two attached hydrogens (primary N) is 2. The molecule has 0 radical (unpaired) electrons. The number of primary amides is 1. The molecule has 1 amide bonds. The lowest BCUT2D eigenvalue weighted by Gasteiger charge is -2.27. The van der Waals surface area contributed by atoms with Gasteiger partial charge in [0.25, 0.3) is 5.91 Å². The summed E-state index contributed by atoms with van der Waals surface area (Å²) >= 11 is 0. The first-order valence-corrected chi connectivity index (χ1v) is 6.76. The maximum absolute atomic E-state index is 11.8. The van der Waals surface area contributed by atoms with Crippen LogP contribution in [0, 0.1) is 5.92 Å². The average Bonchev–Trinajstić information content (AvgIpc) is 2.39. The van der Waals surface area contributed by atoms with Crippen molar-refractivity contribution in [3.05, 3.63) is 0 Å². The highest BCUT2D eigenvalue weighted by Crippen LogP contribution is 2.27. The molecule has 0 heterocycles. The number of methoxy groups -OCH3 is 1. The van der Waals surface area contributed by atoms with E-state index in [2.05, 4.69) is 0 Å². The van der Waals surface area contributed by atoms with E-state index < -0.39 is 29.9 Å². The molecule has 1 aliphatic carbocycles. The van der Waals surface area contributed by atoms with Crippen LogP contribution in [0.2, 0.25) is 0 Å². The lowest BCUT2D eigenvalue weighted by atomic mass is 9.83. The first-order valence-electron chi connectivity index (χ1n) is 6.76. The van der Waals surface area contributed by atoms with E-state index >= 15 is 0 Å². The number of Topliss-reactive ketones (excluding diaryl/α,β-unsaturated/α-hetero) is 1. The number of aliphatic hydroxyl groups is 1. The second kappa shape index (κ2) is 9.28. The van der Waals surface area contributed by atoms with Gasteiger partial charge in [-0.3, -0.25) is 9.59 Å². The lowest BCUT2D eigenvalue weighted by Crippen LogP contribution is -2.50. The smallest absolute Gasteiger partial charge is 0.254 e. The summed E-state index contributed by atoms with van der Waals surface area (Å²) in [6, 6.07) is -0.674. The van der Waals surface area contributed by atoms with Crippen LogP contribution in [-0.2, 0) is 14.3 Å². The van der Waals surface area contributed by atoms with E-state index in [1.807, 2.05) is 0 Å². The molecule has 20 heavy (non-hydrogen) atoms. The van der Waals surface area contributed by atoms with Crippen molar-refractivity contribution in [1.29, 1.82) is 0 Å². The van der Waals surface area contributed by atoms with Crippen molar-refractivity contribution in [2.45, 2.75) is 56.8 Å². The monoisotopic (exact) mass is 308 g/mol. The highest BCUT2D eigenvalue weighted by Gasteiger charge is 2.34. The minimum absolute atomic E-state index is 0. The van der Waals surface area contributed by atoms with Crippen molar-refractivity contribution >= 4 is 24.1 Å². The summed E-state index contributed by atoms with van der Waals surface area (Å²) in [7, 11) is 1.20. The molecule has 7 heteroatoms. The van der Waals surface area contributed by atoms with Gasteiger partial charge in [-0.05, 0) is 12.3 Å². The predicted octanol–water partition coefficient (Wildman–Crippen LogP) is 0.136. The van der Waals surface area contributed by atoms with Crippen LogP contribution < -0.4 is 11.5 Å². The van der Waals surface area contributed by atoms with E-state index in [9.17, 15) is 14.7 Å². The third-order valence-electron chi connectivity index (χ3n) is 3.78. The van der Waals surface area contributed by atoms with Crippen molar-refractivity contribution in [3.8, 4) is 0 Å². The number of amides is 1. The number of aliphatic hydroxyl groups excluding tert-OH is 1. The highest BCUT2D eigenvalue weighted by atomic mass is 35.5. The van der Waals surface area contributed by atoms with Gasteiger partial charge in [0.05, 0.1) is 0 Å². The molecular formula is C13H25ClN2O4. The molecule has 0 aromatic carbocycles. The van der Waals surface area contributed by atoms with Crippen LogP contribution in [0.25, 0.3) is 0 Å². The van der Waals surface area contributed by atoms with Crippen LogP contribution in [-0.4, -0.2) is 42.2 Å². The Balaban J connectivity index is 0.00000361. The molecule has 5 N–H and O–H groups in total. The van der Waals surface area contributed by atoms with Crippen molar-refractivity contribution < 1.29 is 19.4 Å². The Labute approximate surface area is 125 Å². The van der Waals surface area contributed by atoms with Crippen LogP contribution in [0.4, 0.5) is 0 Å². The largest absolute Gasteiger partial charge is 0.384 e. The lowest BCUT2D eigenvalue weighted by molar-refractivity contribution is -0.146. The van der Waals surface area contributed by atoms with E-state index in [1.165, 1.54) is 26.4 Å². The molecule has 0 bridgehead atoms. The fraction of sp³-hybridized carbons (Fsp3) is 0.846. The number of hydrogen-bond acceptors (Lipinski definition) is 5. The number of carbonyl (C=O) groups is 2. The molecule has 0 saturated heterocycles. The SMILES string of the molecule is COC(C(N)=O)C(=O)[C@@H](O)[C@H](N)CC1CCCCC1.Cl. The molecule has 0 aromatic rings. The van der Waals surface area contributed by atoms with Gasteiger partial charge in [0.2, 0.25) is 5.78 Å². The number of halogens is 1. The maximum atomic E-state index is 11.8. The molecule has 1 fully saturated rings. The highest BCUT2D eigenvalue weighted by molar-refractivity contribution is 6.05. The second-order valence-corrected chi connectivity index (χ2v) is 5.27. The van der Waals surface area contributed by atoms with E-state index in [4.69, 9.17) is 16.2 Å². The van der Waals surface area contributed by atoms with Gasteiger partial charge in [-0.1, -0.05) is 32.1 Å². The van der Waals surface area contributed by atoms with Gasteiger partial charge >= 0.3 is 0 Å². The first-order chi connectivity index (χ1) is 8.97. The summed E-state index contributed by atoms with van der Waals surface area (Å²) in [6.45, 7) is 0. The van der Waals surface area contributed by atoms with Crippen LogP contribution in [0.15, 0.2) is 0 Å². The minimum Gasteiger partial charge on any atom is -0.384 e. The molecule has 0 aliphatic heterocycles. The van der Waals surface area contributed by atoms with Crippen molar-refractivity contribution in [1.82, 2.24) is 0 Å². The number of ketones is 1. The van der Waals surface area contributed by atoms with Crippen LogP contribution >= 0.6 is 12.4 Å². The molecule has 118 valence electrons. The molecular weight excluding hydrogens is 284 g/mol. The zero-order valence-electron chi connectivity index (χ0n) is 11.8. The minimum atomic E-state index is -1.42. The standard InChI is InChI=1S/C13H24N2O4.ClH/c1-19-12(13(15)18)11(17)10(16)9(14)7-8-5-3-2-4-6-8;/h8-10,12,16H,2-7,14H2,1H3,(H2,15,18);1H/t9-,10+,12?;/m1./s1. The Bertz CT molecular complexity index is 321. The topological polar surface area (TPSA) is 116 Å². The second-order valence-electron chi connectivity index (χ2n) is 5.27. The molecule has 1 unspecified atom stereocenters. The Hall–Kier alpha value is -0.690. The van der Waals surface area contributed by atoms with Gasteiger partial charge in [0, 0.05) is 13.2 Å². The van der Waals surface area contributed by atoms with Gasteiger partial charge in [0.15, 0.2) is 6.10 Å². The van der Waals surface area contributed by atoms with Gasteiger partial charge in [-0.2, -0.15) is 0 Å². The van der Waals surface area contributed by atoms with Gasteiger partial charge in [-0.15, -0.1) is 12.4 Å². The maximum Gasteiger partial charge on any atom is 0.254 e. The molecule has 6 nitrogen and oxygen atoms in total. The van der Waals surface area contributed by atoms with Gasteiger partial charge < -0.3 is 21.3 Å².